The van der Waals surface area contributed by atoms with Crippen LogP contribution in [-0.4, -0.2) is 35.8 Å². The molecule has 5 nitrogen and oxygen atoms in total. The highest BCUT2D eigenvalue weighted by Gasteiger charge is 2.32. The molecule has 0 spiro atoms. The second-order valence-corrected chi connectivity index (χ2v) is 4.42. The van der Waals surface area contributed by atoms with Crippen molar-refractivity contribution in [2.75, 3.05) is 13.1 Å². The highest BCUT2D eigenvalue weighted by molar-refractivity contribution is 5.87. The molecule has 1 saturated heterocycles. The van der Waals surface area contributed by atoms with Crippen LogP contribution in [0.2, 0.25) is 0 Å². The van der Waals surface area contributed by atoms with E-state index in [1.165, 1.54) is 0 Å². The van der Waals surface area contributed by atoms with Gasteiger partial charge in [0.15, 0.2) is 0 Å². The minimum absolute atomic E-state index is 0.00829. The number of amides is 2. The normalized spacial score (nSPS) is 22.9. The van der Waals surface area contributed by atoms with Gasteiger partial charge in [-0.1, -0.05) is 6.92 Å². The summed E-state index contributed by atoms with van der Waals surface area (Å²) in [5, 5.41) is 0. The molecule has 2 atom stereocenters. The van der Waals surface area contributed by atoms with E-state index in [4.69, 9.17) is 11.5 Å². The van der Waals surface area contributed by atoms with Gasteiger partial charge in [-0.2, -0.15) is 0 Å². The average Bonchev–Trinajstić information content (AvgIpc) is 2.28. The highest BCUT2D eigenvalue weighted by atomic mass is 16.2. The van der Waals surface area contributed by atoms with Gasteiger partial charge in [0, 0.05) is 12.5 Å². The quantitative estimate of drug-likeness (QED) is 0.699. The molecule has 16 heavy (non-hydrogen) atoms. The molecule has 0 aromatic rings. The summed E-state index contributed by atoms with van der Waals surface area (Å²) in [6.45, 7) is 2.98. The predicted molar refractivity (Wildman–Crippen MR) is 61.4 cm³/mol. The molecule has 1 rings (SSSR count). The monoisotopic (exact) mass is 227 g/mol. The van der Waals surface area contributed by atoms with Crippen molar-refractivity contribution in [2.24, 2.45) is 17.4 Å². The lowest BCUT2D eigenvalue weighted by Gasteiger charge is -2.35. The maximum atomic E-state index is 12.1. The molecule has 1 fully saturated rings. The van der Waals surface area contributed by atoms with E-state index in [-0.39, 0.29) is 11.8 Å². The van der Waals surface area contributed by atoms with Gasteiger partial charge >= 0.3 is 0 Å². The van der Waals surface area contributed by atoms with Crippen LogP contribution in [0.3, 0.4) is 0 Å². The van der Waals surface area contributed by atoms with Crippen LogP contribution in [0.5, 0.6) is 0 Å². The van der Waals surface area contributed by atoms with E-state index in [9.17, 15) is 9.59 Å². The summed E-state index contributed by atoms with van der Waals surface area (Å²) in [7, 11) is 0. The molecule has 1 aliphatic rings. The first-order valence-electron chi connectivity index (χ1n) is 5.87. The molecule has 2 unspecified atom stereocenters. The first-order chi connectivity index (χ1) is 7.57. The zero-order chi connectivity index (χ0) is 12.1. The third-order valence-corrected chi connectivity index (χ3v) is 3.14. The van der Waals surface area contributed by atoms with Crippen molar-refractivity contribution < 1.29 is 9.59 Å². The first-order valence-corrected chi connectivity index (χ1v) is 5.87. The van der Waals surface area contributed by atoms with Crippen LogP contribution in [-0.2, 0) is 9.59 Å². The van der Waals surface area contributed by atoms with Crippen molar-refractivity contribution in [1.29, 1.82) is 0 Å². The molecule has 0 saturated carbocycles. The van der Waals surface area contributed by atoms with Crippen molar-refractivity contribution in [3.05, 3.63) is 0 Å². The predicted octanol–water partition coefficient (Wildman–Crippen LogP) is -0.162. The number of piperidine rings is 1. The summed E-state index contributed by atoms with van der Waals surface area (Å²) in [5.74, 6) is -0.508. The number of carbonyl (C=O) groups is 2. The summed E-state index contributed by atoms with van der Waals surface area (Å²) in [6.07, 6.45) is 3.25. The largest absolute Gasteiger partial charge is 0.368 e. The number of primary amides is 1. The van der Waals surface area contributed by atoms with Crippen LogP contribution < -0.4 is 11.5 Å². The van der Waals surface area contributed by atoms with E-state index in [1.807, 2.05) is 6.92 Å². The Morgan fingerprint density at radius 2 is 2.12 bits per heavy atom. The standard InChI is InChI=1S/C11H21N3O2/c1-8(5-6-12)11(16)14-7-3-2-4-9(14)10(13)15/h8-9H,2-7,12H2,1H3,(H2,13,15). The SMILES string of the molecule is CC(CCN)C(=O)N1CCCCC1C(N)=O. The summed E-state index contributed by atoms with van der Waals surface area (Å²) < 4.78 is 0. The van der Waals surface area contributed by atoms with Crippen LogP contribution in [0.15, 0.2) is 0 Å². The molecule has 1 heterocycles. The van der Waals surface area contributed by atoms with Gasteiger partial charge < -0.3 is 16.4 Å². The fourth-order valence-corrected chi connectivity index (χ4v) is 2.15. The molecule has 0 radical (unpaired) electrons. The summed E-state index contributed by atoms with van der Waals surface area (Å²) >= 11 is 0. The molecule has 2 amide bonds. The fourth-order valence-electron chi connectivity index (χ4n) is 2.15. The molecule has 0 aromatic heterocycles. The van der Waals surface area contributed by atoms with E-state index in [0.29, 0.717) is 25.9 Å². The number of carbonyl (C=O) groups excluding carboxylic acids is 2. The van der Waals surface area contributed by atoms with Gasteiger partial charge in [-0.05, 0) is 32.2 Å². The van der Waals surface area contributed by atoms with Gasteiger partial charge in [0.2, 0.25) is 11.8 Å². The summed E-state index contributed by atoms with van der Waals surface area (Å²) in [5.41, 5.74) is 10.7. The Hall–Kier alpha value is -1.10. The van der Waals surface area contributed by atoms with Gasteiger partial charge in [0.1, 0.15) is 6.04 Å². The number of nitrogens with two attached hydrogens (primary N) is 2. The topological polar surface area (TPSA) is 89.4 Å². The Bertz CT molecular complexity index is 268. The van der Waals surface area contributed by atoms with Crippen molar-refractivity contribution >= 4 is 11.8 Å². The van der Waals surface area contributed by atoms with Gasteiger partial charge in [0.05, 0.1) is 0 Å². The number of nitrogens with zero attached hydrogens (tertiary/aromatic N) is 1. The third kappa shape index (κ3) is 2.95. The third-order valence-electron chi connectivity index (χ3n) is 3.14. The minimum atomic E-state index is -0.415. The molecule has 0 bridgehead atoms. The Kier molecular flexibility index (Phi) is 4.73. The van der Waals surface area contributed by atoms with Crippen molar-refractivity contribution in [1.82, 2.24) is 4.90 Å². The molecular formula is C11H21N3O2. The molecule has 1 aliphatic heterocycles. The first kappa shape index (κ1) is 13.0. The fraction of sp³-hybridized carbons (Fsp3) is 0.818. The smallest absolute Gasteiger partial charge is 0.240 e. The molecule has 92 valence electrons. The van der Waals surface area contributed by atoms with Crippen LogP contribution >= 0.6 is 0 Å². The van der Waals surface area contributed by atoms with Crippen molar-refractivity contribution in [3.8, 4) is 0 Å². The maximum Gasteiger partial charge on any atom is 0.240 e. The zero-order valence-electron chi connectivity index (χ0n) is 9.82. The van der Waals surface area contributed by atoms with Gasteiger partial charge in [-0.3, -0.25) is 9.59 Å². The van der Waals surface area contributed by atoms with Crippen molar-refractivity contribution in [2.45, 2.75) is 38.6 Å². The molecule has 5 heteroatoms. The molecule has 0 aromatic carbocycles. The Morgan fingerprint density at radius 1 is 1.44 bits per heavy atom. The Labute approximate surface area is 96.1 Å². The van der Waals surface area contributed by atoms with Gasteiger partial charge in [0.25, 0.3) is 0 Å². The number of hydrogen-bond donors (Lipinski definition) is 2. The lowest BCUT2D eigenvalue weighted by Crippen LogP contribution is -2.52. The van der Waals surface area contributed by atoms with Crippen LogP contribution in [0, 0.1) is 5.92 Å². The van der Waals surface area contributed by atoms with E-state index in [2.05, 4.69) is 0 Å². The maximum absolute atomic E-state index is 12.1. The molecule has 0 aliphatic carbocycles. The van der Waals surface area contributed by atoms with Crippen LogP contribution in [0.4, 0.5) is 0 Å². The summed E-state index contributed by atoms with van der Waals surface area (Å²) in [4.78, 5) is 24.9. The second kappa shape index (κ2) is 5.84. The lowest BCUT2D eigenvalue weighted by atomic mass is 9.98. The Balaban J connectivity index is 2.67. The van der Waals surface area contributed by atoms with Gasteiger partial charge in [-0.15, -0.1) is 0 Å². The van der Waals surface area contributed by atoms with Gasteiger partial charge in [-0.25, -0.2) is 0 Å². The number of likely N-dealkylation sites (tertiary alicyclic amines) is 1. The number of rotatable bonds is 4. The van der Waals surface area contributed by atoms with E-state index in [1.54, 1.807) is 4.90 Å². The Morgan fingerprint density at radius 3 is 2.69 bits per heavy atom. The van der Waals surface area contributed by atoms with E-state index >= 15 is 0 Å². The lowest BCUT2D eigenvalue weighted by molar-refractivity contribution is -0.144. The minimum Gasteiger partial charge on any atom is -0.368 e. The average molecular weight is 227 g/mol. The van der Waals surface area contributed by atoms with Crippen LogP contribution in [0.25, 0.3) is 0 Å². The second-order valence-electron chi connectivity index (χ2n) is 4.42. The van der Waals surface area contributed by atoms with Crippen LogP contribution in [0.1, 0.15) is 32.6 Å². The zero-order valence-corrected chi connectivity index (χ0v) is 9.82. The molecular weight excluding hydrogens is 206 g/mol. The molecule has 4 N–H and O–H groups in total. The van der Waals surface area contributed by atoms with E-state index < -0.39 is 11.9 Å². The van der Waals surface area contributed by atoms with Crippen molar-refractivity contribution in [3.63, 3.8) is 0 Å². The van der Waals surface area contributed by atoms with E-state index in [0.717, 1.165) is 12.8 Å². The highest BCUT2D eigenvalue weighted by Crippen LogP contribution is 2.20. The summed E-state index contributed by atoms with van der Waals surface area (Å²) in [6, 6.07) is -0.415. The number of hydrogen-bond acceptors (Lipinski definition) is 3.